The molecule has 2 aliphatic heterocycles. The first-order chi connectivity index (χ1) is 17.4. The summed E-state index contributed by atoms with van der Waals surface area (Å²) in [6.45, 7) is 0. The maximum Gasteiger partial charge on any atom is 0.359 e. The number of β-lactam (4-membered cyclic amide) rings is 1. The molecule has 2 amide bonds. The van der Waals surface area contributed by atoms with Gasteiger partial charge in [0.15, 0.2) is 11.8 Å². The van der Waals surface area contributed by atoms with Gasteiger partial charge in [0.2, 0.25) is 5.91 Å². The fourth-order valence-electron chi connectivity index (χ4n) is 4.08. The molecule has 0 aliphatic carbocycles. The third-order valence-corrected chi connectivity index (χ3v) is 7.16. The number of nitrogens with one attached hydrogen (secondary N) is 1. The summed E-state index contributed by atoms with van der Waals surface area (Å²) in [5.41, 5.74) is 1.27. The summed E-state index contributed by atoms with van der Waals surface area (Å²) in [6.07, 6.45) is -0.291. The Balaban J connectivity index is 1.46. The topological polar surface area (TPSA) is 122 Å². The maximum absolute atomic E-state index is 13.3. The zero-order valence-electron chi connectivity index (χ0n) is 19.6. The third kappa shape index (κ3) is 5.38. The lowest BCUT2D eigenvalue weighted by atomic mass is 10.0. The Morgan fingerprint density at radius 2 is 1.67 bits per heavy atom. The number of rotatable bonds is 9. The van der Waals surface area contributed by atoms with E-state index < -0.39 is 35.4 Å². The smallest absolute Gasteiger partial charge is 0.359 e. The van der Waals surface area contributed by atoms with Crippen LogP contribution < -0.4 is 5.32 Å². The summed E-state index contributed by atoms with van der Waals surface area (Å²) in [4.78, 5) is 50.9. The van der Waals surface area contributed by atoms with Gasteiger partial charge < -0.3 is 19.9 Å². The number of thioether (sulfide) groups is 1. The molecular weight excluding hydrogens is 484 g/mol. The van der Waals surface area contributed by atoms with Gasteiger partial charge in [-0.25, -0.2) is 4.79 Å². The lowest BCUT2D eigenvalue weighted by Crippen LogP contribution is -2.70. The van der Waals surface area contributed by atoms with Crippen molar-refractivity contribution >= 4 is 35.5 Å². The molecular formula is C26H26N2O7S. The molecule has 0 bridgehead atoms. The van der Waals surface area contributed by atoms with Crippen molar-refractivity contribution in [3.05, 3.63) is 83.2 Å². The summed E-state index contributed by atoms with van der Waals surface area (Å²) < 4.78 is 10.4. The Kier molecular flexibility index (Phi) is 7.94. The molecule has 2 heterocycles. The molecule has 1 saturated heterocycles. The van der Waals surface area contributed by atoms with E-state index in [1.807, 2.05) is 60.7 Å². The molecule has 1 fully saturated rings. The fraction of sp³-hybridized carbons (Fsp3) is 0.308. The SMILES string of the molecule is COC(=O)CCCC(=O)NC1C(=O)N2C(C(=O)OC(c3ccccc3)c3ccccc3)=C(O)CSC12. The predicted molar refractivity (Wildman–Crippen MR) is 131 cm³/mol. The normalized spacial score (nSPS) is 18.8. The molecule has 4 rings (SSSR count). The van der Waals surface area contributed by atoms with Crippen LogP contribution in [0.2, 0.25) is 0 Å². The summed E-state index contributed by atoms with van der Waals surface area (Å²) in [5, 5.41) is 12.6. The number of methoxy groups -OCH3 is 1. The van der Waals surface area contributed by atoms with Crippen molar-refractivity contribution in [3.63, 3.8) is 0 Å². The summed E-state index contributed by atoms with van der Waals surface area (Å²) in [5.74, 6) is -2.29. The molecule has 2 atom stereocenters. The second-order valence-corrected chi connectivity index (χ2v) is 9.39. The lowest BCUT2D eigenvalue weighted by molar-refractivity contribution is -0.155. The van der Waals surface area contributed by atoms with Crippen molar-refractivity contribution in [2.45, 2.75) is 36.8 Å². The Labute approximate surface area is 212 Å². The van der Waals surface area contributed by atoms with Gasteiger partial charge in [-0.15, -0.1) is 11.8 Å². The Morgan fingerprint density at radius 1 is 1.06 bits per heavy atom. The van der Waals surface area contributed by atoms with E-state index >= 15 is 0 Å². The van der Waals surface area contributed by atoms with Crippen LogP contribution in [0, 0.1) is 0 Å². The van der Waals surface area contributed by atoms with Crippen LogP contribution >= 0.6 is 11.8 Å². The number of nitrogens with zero attached hydrogens (tertiary/aromatic N) is 1. The number of fused-ring (bicyclic) bond motifs is 1. The molecule has 0 spiro atoms. The van der Waals surface area contributed by atoms with Gasteiger partial charge in [-0.3, -0.25) is 19.3 Å². The molecule has 188 valence electrons. The molecule has 0 radical (unpaired) electrons. The molecule has 2 aromatic carbocycles. The zero-order valence-corrected chi connectivity index (χ0v) is 20.4. The van der Waals surface area contributed by atoms with E-state index in [4.69, 9.17) is 4.74 Å². The number of amides is 2. The standard InChI is InChI=1S/C26H26N2O7S/c1-34-20(31)14-8-13-19(30)27-21-24(32)28-22(18(29)15-36-25(21)28)26(33)35-23(16-9-4-2-5-10-16)17-11-6-3-7-12-17/h2-7,9-12,21,23,25,29H,8,13-15H2,1H3,(H,27,30). The van der Waals surface area contributed by atoms with Crippen molar-refractivity contribution in [2.75, 3.05) is 12.9 Å². The maximum atomic E-state index is 13.3. The van der Waals surface area contributed by atoms with Crippen molar-refractivity contribution in [3.8, 4) is 0 Å². The number of aliphatic hydroxyl groups is 1. The molecule has 10 heteroatoms. The first-order valence-corrected chi connectivity index (χ1v) is 12.5. The van der Waals surface area contributed by atoms with Crippen molar-refractivity contribution in [1.29, 1.82) is 0 Å². The number of hydrogen-bond donors (Lipinski definition) is 2. The van der Waals surface area contributed by atoms with Crippen LogP contribution in [0.25, 0.3) is 0 Å². The van der Waals surface area contributed by atoms with Crippen LogP contribution in [-0.2, 0) is 28.7 Å². The molecule has 0 saturated carbocycles. The number of aliphatic hydroxyl groups excluding tert-OH is 1. The van der Waals surface area contributed by atoms with E-state index in [1.165, 1.54) is 23.8 Å². The van der Waals surface area contributed by atoms with Gasteiger partial charge in [0.05, 0.1) is 12.9 Å². The Bertz CT molecular complexity index is 1130. The quantitative estimate of drug-likeness (QED) is 0.390. The first-order valence-electron chi connectivity index (χ1n) is 11.4. The molecule has 9 nitrogen and oxygen atoms in total. The third-order valence-electron chi connectivity index (χ3n) is 5.90. The summed E-state index contributed by atoms with van der Waals surface area (Å²) >= 11 is 1.24. The van der Waals surface area contributed by atoms with Gasteiger partial charge in [-0.2, -0.15) is 0 Å². The molecule has 2 N–H and O–H groups in total. The van der Waals surface area contributed by atoms with E-state index in [0.29, 0.717) is 6.42 Å². The second kappa shape index (κ2) is 11.3. The van der Waals surface area contributed by atoms with E-state index in [0.717, 1.165) is 11.1 Å². The van der Waals surface area contributed by atoms with Crippen LogP contribution in [0.5, 0.6) is 0 Å². The highest BCUT2D eigenvalue weighted by Gasteiger charge is 2.55. The Hall–Kier alpha value is -3.79. The second-order valence-electron chi connectivity index (χ2n) is 8.29. The van der Waals surface area contributed by atoms with Gasteiger partial charge in [0, 0.05) is 12.8 Å². The van der Waals surface area contributed by atoms with E-state index in [9.17, 15) is 24.3 Å². The van der Waals surface area contributed by atoms with Crippen LogP contribution in [0.3, 0.4) is 0 Å². The number of carbonyl (C=O) groups is 4. The van der Waals surface area contributed by atoms with Gasteiger partial charge >= 0.3 is 11.9 Å². The minimum Gasteiger partial charge on any atom is -0.509 e. The van der Waals surface area contributed by atoms with Gasteiger partial charge in [-0.1, -0.05) is 60.7 Å². The number of hydrogen-bond acceptors (Lipinski definition) is 8. The van der Waals surface area contributed by atoms with Crippen molar-refractivity contribution < 1.29 is 33.8 Å². The molecule has 0 aromatic heterocycles. The molecule has 2 unspecified atom stereocenters. The van der Waals surface area contributed by atoms with Crippen LogP contribution in [-0.4, -0.2) is 58.0 Å². The van der Waals surface area contributed by atoms with Gasteiger partial charge in [0.25, 0.3) is 5.91 Å². The lowest BCUT2D eigenvalue weighted by Gasteiger charge is -2.48. The van der Waals surface area contributed by atoms with E-state index in [2.05, 4.69) is 10.1 Å². The van der Waals surface area contributed by atoms with Gasteiger partial charge in [0.1, 0.15) is 17.2 Å². The highest BCUT2D eigenvalue weighted by atomic mass is 32.2. The van der Waals surface area contributed by atoms with Crippen LogP contribution in [0.1, 0.15) is 36.5 Å². The summed E-state index contributed by atoms with van der Waals surface area (Å²) in [7, 11) is 1.28. The average molecular weight is 511 g/mol. The molecule has 2 aliphatic rings. The Morgan fingerprint density at radius 3 is 2.25 bits per heavy atom. The van der Waals surface area contributed by atoms with Gasteiger partial charge in [-0.05, 0) is 17.5 Å². The van der Waals surface area contributed by atoms with Crippen molar-refractivity contribution in [1.82, 2.24) is 10.2 Å². The molecule has 36 heavy (non-hydrogen) atoms. The number of esters is 2. The highest BCUT2D eigenvalue weighted by Crippen LogP contribution is 2.41. The minimum atomic E-state index is -0.837. The highest BCUT2D eigenvalue weighted by molar-refractivity contribution is 8.00. The number of ether oxygens (including phenoxy) is 2. The number of benzene rings is 2. The van der Waals surface area contributed by atoms with Crippen LogP contribution in [0.15, 0.2) is 72.1 Å². The van der Waals surface area contributed by atoms with E-state index in [1.54, 1.807) is 0 Å². The largest absolute Gasteiger partial charge is 0.509 e. The van der Waals surface area contributed by atoms with Crippen molar-refractivity contribution in [2.24, 2.45) is 0 Å². The average Bonchev–Trinajstić information content (AvgIpc) is 2.90. The number of carbonyl (C=O) groups excluding carboxylic acids is 4. The zero-order chi connectivity index (χ0) is 25.7. The molecule has 2 aromatic rings. The van der Waals surface area contributed by atoms with Crippen LogP contribution in [0.4, 0.5) is 0 Å². The fourth-order valence-corrected chi connectivity index (χ4v) is 5.28. The van der Waals surface area contributed by atoms with E-state index in [-0.39, 0.29) is 36.0 Å². The monoisotopic (exact) mass is 510 g/mol. The summed E-state index contributed by atoms with van der Waals surface area (Å²) in [6, 6.07) is 17.5. The minimum absolute atomic E-state index is 0.0576. The first kappa shape index (κ1) is 25.3. The predicted octanol–water partition coefficient (Wildman–Crippen LogP) is 2.83.